The van der Waals surface area contributed by atoms with Crippen LogP contribution >= 0.6 is 0 Å². The quantitative estimate of drug-likeness (QED) is 0.118. The van der Waals surface area contributed by atoms with Gasteiger partial charge in [0.05, 0.1) is 37.6 Å². The summed E-state index contributed by atoms with van der Waals surface area (Å²) in [5, 5.41) is 30.5. The average molecular weight is 1100 g/mol. The van der Waals surface area contributed by atoms with Gasteiger partial charge in [-0.05, 0) is 108 Å². The van der Waals surface area contributed by atoms with Crippen LogP contribution in [0, 0.1) is 29.6 Å². The van der Waals surface area contributed by atoms with Crippen molar-refractivity contribution < 1.29 is 67.6 Å². The highest BCUT2D eigenvalue weighted by Crippen LogP contribution is 2.27. The van der Waals surface area contributed by atoms with E-state index in [0.717, 1.165) is 0 Å². The van der Waals surface area contributed by atoms with E-state index in [1.165, 1.54) is 44.7 Å². The van der Waals surface area contributed by atoms with E-state index in [1.807, 2.05) is 34.6 Å². The molecule has 13 atom stereocenters. The molecule has 21 heteroatoms. The molecule has 438 valence electrons. The predicted octanol–water partition coefficient (Wildman–Crippen LogP) is 2.79. The maximum absolute atomic E-state index is 15.0. The summed E-state index contributed by atoms with van der Waals surface area (Å²) in [5.74, 6) is -8.68. The minimum absolute atomic E-state index is 0.0444. The summed E-state index contributed by atoms with van der Waals surface area (Å²) in [6.45, 7) is 19.4. The van der Waals surface area contributed by atoms with E-state index in [1.54, 1.807) is 61.9 Å². The molecule has 0 radical (unpaired) electrons. The highest BCUT2D eigenvalue weighted by atomic mass is 16.6. The Hall–Kier alpha value is -5.67. The minimum atomic E-state index is -1.64. The Balaban J connectivity index is 1.87. The van der Waals surface area contributed by atoms with Gasteiger partial charge in [-0.15, -0.1) is 0 Å². The predicted molar refractivity (Wildman–Crippen MR) is 290 cm³/mol. The second kappa shape index (κ2) is 29.5. The number of benzene rings is 1. The Bertz CT molecular complexity index is 2240. The molecule has 1 aromatic carbocycles. The monoisotopic (exact) mass is 1100 g/mol. The Morgan fingerprint density at radius 3 is 2.09 bits per heavy atom. The number of rotatable bonds is 16. The first-order valence-corrected chi connectivity index (χ1v) is 28.0. The van der Waals surface area contributed by atoms with Crippen molar-refractivity contribution in [1.82, 2.24) is 35.6 Å². The van der Waals surface area contributed by atoms with Gasteiger partial charge in [0.15, 0.2) is 11.9 Å². The first-order chi connectivity index (χ1) is 36.6. The van der Waals surface area contributed by atoms with Crippen molar-refractivity contribution in [2.45, 2.75) is 201 Å². The molecule has 1 unspecified atom stereocenters. The molecule has 6 amide bonds. The van der Waals surface area contributed by atoms with Crippen LogP contribution in [0.1, 0.15) is 133 Å². The smallest absolute Gasteiger partial charge is 0.329 e. The van der Waals surface area contributed by atoms with Crippen molar-refractivity contribution >= 4 is 53.2 Å². The number of amides is 6. The largest absolute Gasteiger partial charge is 0.497 e. The van der Waals surface area contributed by atoms with Gasteiger partial charge in [0, 0.05) is 39.1 Å². The second-order valence-corrected chi connectivity index (χ2v) is 23.1. The standard InChI is InChI=1S/C57H91N7O14/c1-15-34(8)47-45(66)29-46(67)78-50(33(6)7)49(68)35(9)51(69)58-41(26-31(2)3)55(73)64-25-17-19-42(64)56(74)62(13)44(28-38-20-22-40(76-14)23-21-38)57(75)77-37(11)48(53(71)59-47)60-52(70)43(27-32(4)5)61(12)30-39-18-16-24-63(39)54(72)36(10)65/h20-23,31-37,39,41-45,47-48,50,65-66H,15-19,24-30H2,1-14H3,(H,58,69)(H,59,71)(H,60,70)/t34-,35+,36+,37-,39?,41-,42-,43-,44+,45+,47-,48+,50-/m0/s1. The van der Waals surface area contributed by atoms with Crippen LogP contribution in [0.5, 0.6) is 5.75 Å². The molecule has 3 aliphatic heterocycles. The lowest BCUT2D eigenvalue weighted by Gasteiger charge is -2.36. The minimum Gasteiger partial charge on any atom is -0.497 e. The maximum Gasteiger partial charge on any atom is 0.329 e. The number of methoxy groups -OCH3 is 1. The van der Waals surface area contributed by atoms with Crippen molar-refractivity contribution in [1.29, 1.82) is 0 Å². The fourth-order valence-corrected chi connectivity index (χ4v) is 10.7. The second-order valence-electron chi connectivity index (χ2n) is 23.1. The number of Topliss-reactive ketones (excluding diaryl/α,β-unsaturated/α-hetero) is 1. The zero-order valence-corrected chi connectivity index (χ0v) is 48.6. The summed E-state index contributed by atoms with van der Waals surface area (Å²) < 4.78 is 17.3. The molecule has 3 fully saturated rings. The molecule has 1 aromatic rings. The summed E-state index contributed by atoms with van der Waals surface area (Å²) >= 11 is 0. The molecule has 0 aliphatic carbocycles. The number of aliphatic hydroxyl groups is 2. The molecule has 3 aliphatic rings. The Morgan fingerprint density at radius 2 is 1.51 bits per heavy atom. The lowest BCUT2D eigenvalue weighted by atomic mass is 9.91. The normalized spacial score (nSPS) is 28.1. The van der Waals surface area contributed by atoms with E-state index < -0.39 is 138 Å². The van der Waals surface area contributed by atoms with Gasteiger partial charge in [0.1, 0.15) is 42.1 Å². The highest BCUT2D eigenvalue weighted by molar-refractivity contribution is 6.05. The number of aliphatic hydroxyl groups excluding tert-OH is 2. The molecular weight excluding hydrogens is 1010 g/mol. The molecule has 21 nitrogen and oxygen atoms in total. The maximum atomic E-state index is 15.0. The molecule has 3 saturated heterocycles. The van der Waals surface area contributed by atoms with Crippen LogP contribution in [0.2, 0.25) is 0 Å². The Morgan fingerprint density at radius 1 is 0.872 bits per heavy atom. The average Bonchev–Trinajstić information content (AvgIpc) is 4.09. The number of carbonyl (C=O) groups excluding carboxylic acids is 9. The molecule has 0 spiro atoms. The number of hydrogen-bond donors (Lipinski definition) is 5. The summed E-state index contributed by atoms with van der Waals surface area (Å²) in [7, 11) is 4.67. The topological polar surface area (TPSA) is 271 Å². The summed E-state index contributed by atoms with van der Waals surface area (Å²) in [6.07, 6.45) is -3.66. The number of fused-ring (bicyclic) bond motifs is 1. The number of ether oxygens (including phenoxy) is 3. The molecule has 4 rings (SSSR count). The van der Waals surface area contributed by atoms with E-state index in [0.29, 0.717) is 50.0 Å². The van der Waals surface area contributed by atoms with E-state index in [9.17, 15) is 48.6 Å². The van der Waals surface area contributed by atoms with Crippen molar-refractivity contribution in [2.75, 3.05) is 40.8 Å². The van der Waals surface area contributed by atoms with Gasteiger partial charge in [0.25, 0.3) is 5.91 Å². The van der Waals surface area contributed by atoms with Gasteiger partial charge in [-0.1, -0.05) is 73.9 Å². The van der Waals surface area contributed by atoms with Gasteiger partial charge in [-0.2, -0.15) is 0 Å². The van der Waals surface area contributed by atoms with E-state index in [4.69, 9.17) is 14.2 Å². The van der Waals surface area contributed by atoms with E-state index in [-0.39, 0.29) is 50.2 Å². The third kappa shape index (κ3) is 17.2. The molecule has 0 bridgehead atoms. The van der Waals surface area contributed by atoms with Gasteiger partial charge < -0.3 is 55.1 Å². The van der Waals surface area contributed by atoms with Gasteiger partial charge >= 0.3 is 11.9 Å². The molecule has 5 N–H and O–H groups in total. The van der Waals surface area contributed by atoms with Crippen LogP contribution in [0.4, 0.5) is 0 Å². The zero-order chi connectivity index (χ0) is 58.5. The number of nitrogens with zero attached hydrogens (tertiary/aromatic N) is 4. The van der Waals surface area contributed by atoms with Crippen LogP contribution < -0.4 is 20.7 Å². The lowest BCUT2D eigenvalue weighted by molar-refractivity contribution is -0.163. The van der Waals surface area contributed by atoms with Crippen LogP contribution in [0.25, 0.3) is 0 Å². The number of esters is 2. The van der Waals surface area contributed by atoms with Crippen LogP contribution in [-0.4, -0.2) is 191 Å². The number of likely N-dealkylation sites (N-methyl/N-ethyl adjacent to an activating group) is 2. The summed E-state index contributed by atoms with van der Waals surface area (Å²) in [4.78, 5) is 135. The number of hydrogen-bond acceptors (Lipinski definition) is 15. The number of carbonyl (C=O) groups is 9. The summed E-state index contributed by atoms with van der Waals surface area (Å²) in [6, 6.07) is -0.766. The molecule has 3 heterocycles. The third-order valence-corrected chi connectivity index (χ3v) is 15.5. The molecular formula is C57H91N7O14. The fourth-order valence-electron chi connectivity index (χ4n) is 10.7. The van der Waals surface area contributed by atoms with Crippen molar-refractivity contribution in [3.63, 3.8) is 0 Å². The van der Waals surface area contributed by atoms with Crippen molar-refractivity contribution in [2.24, 2.45) is 29.6 Å². The lowest BCUT2D eigenvalue weighted by Crippen LogP contribution is -2.61. The van der Waals surface area contributed by atoms with Gasteiger partial charge in [0.2, 0.25) is 29.5 Å². The number of nitrogens with one attached hydrogen (secondary N) is 3. The Labute approximate surface area is 461 Å². The molecule has 78 heavy (non-hydrogen) atoms. The van der Waals surface area contributed by atoms with Gasteiger partial charge in [-0.3, -0.25) is 43.3 Å². The number of cyclic esters (lactones) is 2. The van der Waals surface area contributed by atoms with Crippen LogP contribution in [0.15, 0.2) is 24.3 Å². The van der Waals surface area contributed by atoms with Crippen molar-refractivity contribution in [3.05, 3.63) is 29.8 Å². The number of ketones is 1. The Kier molecular flexibility index (Phi) is 24.5. The summed E-state index contributed by atoms with van der Waals surface area (Å²) in [5.41, 5.74) is 0.604. The molecule has 0 saturated carbocycles. The molecule has 0 aromatic heterocycles. The van der Waals surface area contributed by atoms with E-state index in [2.05, 4.69) is 16.0 Å². The third-order valence-electron chi connectivity index (χ3n) is 15.5. The highest BCUT2D eigenvalue weighted by Gasteiger charge is 2.45. The van der Waals surface area contributed by atoms with E-state index >= 15 is 4.79 Å². The number of likely N-dealkylation sites (tertiary alicyclic amines) is 1. The van der Waals surface area contributed by atoms with Gasteiger partial charge in [-0.25, -0.2) is 4.79 Å². The first-order valence-electron chi connectivity index (χ1n) is 28.0. The van der Waals surface area contributed by atoms with Crippen LogP contribution in [-0.2, 0) is 59.0 Å². The zero-order valence-electron chi connectivity index (χ0n) is 48.6. The SMILES string of the molecule is CC[C@H](C)[C@@H]1NC(=O)[C@H](NC(=O)[C@H](CC(C)C)N(C)CC2CCCN2C(=O)[C@@H](C)O)[C@H](C)OC(=O)[C@@H](Cc2ccc(OC)cc2)N(C)C(=O)[C@@H]2CCCN2C(=O)[C@H](CC(C)C)NC(=O)[C@H](C)C(=O)[C@H](C(C)C)OC(=O)C[C@H]1O. The van der Waals surface area contributed by atoms with Crippen molar-refractivity contribution in [3.8, 4) is 5.75 Å². The first kappa shape index (κ1) is 64.9. The van der Waals surface area contributed by atoms with Crippen LogP contribution in [0.3, 0.4) is 0 Å². The fraction of sp³-hybridized carbons (Fsp3) is 0.737.